The molecule has 1 aliphatic carbocycles. The van der Waals surface area contributed by atoms with Crippen molar-refractivity contribution in [2.75, 3.05) is 17.2 Å². The van der Waals surface area contributed by atoms with E-state index in [2.05, 4.69) is 36.6 Å². The maximum atomic E-state index is 5.86. The van der Waals surface area contributed by atoms with Crippen molar-refractivity contribution in [3.8, 4) is 5.75 Å². The molecule has 3 rings (SSSR count). The minimum absolute atomic E-state index is 0.209. The molecule has 1 saturated carbocycles. The number of para-hydroxylation sites is 1. The molecule has 3 nitrogen and oxygen atoms in total. The molecular weight excluding hydrogens is 224 g/mol. The Kier molecular flexibility index (Phi) is 2.84. The third kappa shape index (κ3) is 2.02. The maximum Gasteiger partial charge on any atom is 0.144 e. The summed E-state index contributed by atoms with van der Waals surface area (Å²) < 4.78 is 5.86. The maximum absolute atomic E-state index is 5.86. The number of rotatable bonds is 2. The molecule has 0 aromatic heterocycles. The normalized spacial score (nSPS) is 20.4. The topological polar surface area (TPSA) is 33.3 Å². The van der Waals surface area contributed by atoms with Crippen molar-refractivity contribution < 1.29 is 4.74 Å². The van der Waals surface area contributed by atoms with Crippen LogP contribution in [0.5, 0.6) is 5.75 Å². The first-order valence-corrected chi connectivity index (χ1v) is 7.00. The van der Waals surface area contributed by atoms with E-state index in [0.29, 0.717) is 0 Å². The summed E-state index contributed by atoms with van der Waals surface area (Å²) >= 11 is 0. The molecule has 0 radical (unpaired) electrons. The van der Waals surface area contributed by atoms with Gasteiger partial charge in [0.1, 0.15) is 11.4 Å². The summed E-state index contributed by atoms with van der Waals surface area (Å²) in [5.74, 6) is 0.961. The highest BCUT2D eigenvalue weighted by atomic mass is 16.5. The van der Waals surface area contributed by atoms with Gasteiger partial charge in [-0.3, -0.25) is 0 Å². The van der Waals surface area contributed by atoms with Gasteiger partial charge in [-0.05, 0) is 38.8 Å². The van der Waals surface area contributed by atoms with Crippen LogP contribution in [0.1, 0.15) is 39.5 Å². The second-order valence-electron chi connectivity index (χ2n) is 5.81. The molecule has 18 heavy (non-hydrogen) atoms. The summed E-state index contributed by atoms with van der Waals surface area (Å²) in [7, 11) is 0. The van der Waals surface area contributed by atoms with Crippen LogP contribution in [0, 0.1) is 0 Å². The Morgan fingerprint density at radius 2 is 2.00 bits per heavy atom. The number of anilines is 2. The molecule has 2 aliphatic rings. The van der Waals surface area contributed by atoms with Crippen molar-refractivity contribution in [2.45, 2.75) is 51.2 Å². The Bertz CT molecular complexity index is 436. The van der Waals surface area contributed by atoms with Gasteiger partial charge >= 0.3 is 0 Å². The Balaban J connectivity index is 1.88. The quantitative estimate of drug-likeness (QED) is 0.836. The summed E-state index contributed by atoms with van der Waals surface area (Å²) in [4.78, 5) is 0. The van der Waals surface area contributed by atoms with Gasteiger partial charge < -0.3 is 15.4 Å². The predicted molar refractivity (Wildman–Crippen MR) is 75.5 cm³/mol. The Labute approximate surface area is 109 Å². The van der Waals surface area contributed by atoms with Crippen LogP contribution in [-0.4, -0.2) is 18.2 Å². The highest BCUT2D eigenvalue weighted by Crippen LogP contribution is 2.43. The largest absolute Gasteiger partial charge is 0.489 e. The van der Waals surface area contributed by atoms with E-state index >= 15 is 0 Å². The lowest BCUT2D eigenvalue weighted by Gasteiger charge is -2.38. The van der Waals surface area contributed by atoms with Gasteiger partial charge in [-0.1, -0.05) is 18.9 Å². The molecule has 1 heterocycles. The Morgan fingerprint density at radius 3 is 2.72 bits per heavy atom. The van der Waals surface area contributed by atoms with Crippen molar-refractivity contribution in [2.24, 2.45) is 0 Å². The fourth-order valence-corrected chi connectivity index (χ4v) is 3.11. The Morgan fingerprint density at radius 1 is 1.22 bits per heavy atom. The van der Waals surface area contributed by atoms with Crippen LogP contribution in [0.3, 0.4) is 0 Å². The van der Waals surface area contributed by atoms with E-state index in [-0.39, 0.29) is 11.6 Å². The van der Waals surface area contributed by atoms with Crippen molar-refractivity contribution in [1.82, 2.24) is 0 Å². The molecule has 0 unspecified atom stereocenters. The number of benzene rings is 1. The van der Waals surface area contributed by atoms with Gasteiger partial charge in [0.15, 0.2) is 0 Å². The van der Waals surface area contributed by atoms with E-state index < -0.39 is 0 Å². The molecule has 2 N–H and O–H groups in total. The monoisotopic (exact) mass is 246 g/mol. The summed E-state index contributed by atoms with van der Waals surface area (Å²) in [5.41, 5.74) is 2.61. The molecule has 1 aromatic carbocycles. The zero-order chi connectivity index (χ0) is 12.6. The molecule has 1 aromatic rings. The Hall–Kier alpha value is -1.38. The number of hydrogen-bond acceptors (Lipinski definition) is 3. The molecular formula is C15H22N2O. The minimum atomic E-state index is 0.209. The molecule has 1 aliphatic heterocycles. The molecule has 0 saturated heterocycles. The zero-order valence-electron chi connectivity index (χ0n) is 11.3. The number of fused-ring (bicyclic) bond motifs is 1. The summed E-state index contributed by atoms with van der Waals surface area (Å²) in [5, 5.41) is 7.33. The van der Waals surface area contributed by atoms with Gasteiger partial charge in [-0.15, -0.1) is 0 Å². The third-order valence-corrected chi connectivity index (χ3v) is 3.95. The first kappa shape index (κ1) is 11.7. The zero-order valence-corrected chi connectivity index (χ0v) is 11.3. The van der Waals surface area contributed by atoms with Crippen LogP contribution in [0.4, 0.5) is 11.4 Å². The number of nitrogens with one attached hydrogen (secondary N) is 2. The fraction of sp³-hybridized carbons (Fsp3) is 0.600. The fourth-order valence-electron chi connectivity index (χ4n) is 3.11. The second-order valence-corrected chi connectivity index (χ2v) is 5.81. The standard InChI is InChI=1S/C15H22N2O/c1-11(2)18-13-7-5-6-12-14(13)16-10-15(17-12)8-3-4-9-15/h5-7,11,16-17H,3-4,8-10H2,1-2H3. The smallest absolute Gasteiger partial charge is 0.144 e. The molecule has 1 spiro atoms. The molecule has 3 heteroatoms. The van der Waals surface area contributed by atoms with Gasteiger partial charge in [0, 0.05) is 6.54 Å². The highest BCUT2D eigenvalue weighted by Gasteiger charge is 2.37. The average molecular weight is 246 g/mol. The van der Waals surface area contributed by atoms with E-state index in [1.54, 1.807) is 0 Å². The van der Waals surface area contributed by atoms with E-state index in [0.717, 1.165) is 18.0 Å². The first-order valence-electron chi connectivity index (χ1n) is 7.00. The molecule has 1 fully saturated rings. The van der Waals surface area contributed by atoms with E-state index in [1.807, 2.05) is 6.07 Å². The van der Waals surface area contributed by atoms with E-state index in [1.165, 1.54) is 31.4 Å². The lowest BCUT2D eigenvalue weighted by Crippen LogP contribution is -2.45. The number of hydrogen-bond donors (Lipinski definition) is 2. The predicted octanol–water partition coefficient (Wildman–Crippen LogP) is 3.62. The second kappa shape index (κ2) is 4.38. The highest BCUT2D eigenvalue weighted by molar-refractivity contribution is 5.78. The molecule has 0 atom stereocenters. The summed E-state index contributed by atoms with van der Waals surface area (Å²) in [6.45, 7) is 5.14. The summed E-state index contributed by atoms with van der Waals surface area (Å²) in [6, 6.07) is 6.26. The average Bonchev–Trinajstić information content (AvgIpc) is 2.76. The molecule has 98 valence electrons. The molecule has 0 amide bonds. The number of ether oxygens (including phenoxy) is 1. The van der Waals surface area contributed by atoms with Crippen LogP contribution < -0.4 is 15.4 Å². The SMILES string of the molecule is CC(C)Oc1cccc2c1NCC1(CCCC1)N2. The first-order chi connectivity index (χ1) is 8.69. The van der Waals surface area contributed by atoms with Crippen LogP contribution in [0.2, 0.25) is 0 Å². The van der Waals surface area contributed by atoms with Crippen LogP contribution in [0.15, 0.2) is 18.2 Å². The van der Waals surface area contributed by atoms with Crippen LogP contribution in [0.25, 0.3) is 0 Å². The van der Waals surface area contributed by atoms with Crippen molar-refractivity contribution in [3.05, 3.63) is 18.2 Å². The van der Waals surface area contributed by atoms with Crippen LogP contribution in [-0.2, 0) is 0 Å². The lowest BCUT2D eigenvalue weighted by atomic mass is 9.94. The molecule has 0 bridgehead atoms. The lowest BCUT2D eigenvalue weighted by molar-refractivity contribution is 0.243. The van der Waals surface area contributed by atoms with Gasteiger partial charge in [0.2, 0.25) is 0 Å². The van der Waals surface area contributed by atoms with Crippen molar-refractivity contribution in [3.63, 3.8) is 0 Å². The van der Waals surface area contributed by atoms with E-state index in [9.17, 15) is 0 Å². The van der Waals surface area contributed by atoms with Gasteiger partial charge in [0.25, 0.3) is 0 Å². The van der Waals surface area contributed by atoms with Crippen molar-refractivity contribution >= 4 is 11.4 Å². The van der Waals surface area contributed by atoms with Gasteiger partial charge in [-0.2, -0.15) is 0 Å². The third-order valence-electron chi connectivity index (χ3n) is 3.95. The van der Waals surface area contributed by atoms with Gasteiger partial charge in [0.05, 0.1) is 17.3 Å². The van der Waals surface area contributed by atoms with E-state index in [4.69, 9.17) is 4.74 Å². The summed E-state index contributed by atoms with van der Waals surface area (Å²) in [6.07, 6.45) is 5.43. The minimum Gasteiger partial charge on any atom is -0.489 e. The van der Waals surface area contributed by atoms with Gasteiger partial charge in [-0.25, -0.2) is 0 Å². The van der Waals surface area contributed by atoms with Crippen molar-refractivity contribution in [1.29, 1.82) is 0 Å². The van der Waals surface area contributed by atoms with Crippen LogP contribution >= 0.6 is 0 Å².